The molecule has 1 saturated heterocycles. The largest absolute Gasteiger partial charge is 0.280 e. The summed E-state index contributed by atoms with van der Waals surface area (Å²) in [7, 11) is 0. The van der Waals surface area contributed by atoms with Crippen LogP contribution in [0.5, 0.6) is 0 Å². The van der Waals surface area contributed by atoms with Crippen LogP contribution in [0.25, 0.3) is 0 Å². The van der Waals surface area contributed by atoms with E-state index in [-0.39, 0.29) is 28.1 Å². The van der Waals surface area contributed by atoms with Gasteiger partial charge in [0.05, 0.1) is 4.47 Å². The zero-order chi connectivity index (χ0) is 12.6. The topological polar surface area (TPSA) is 46.1 Å². The van der Waals surface area contributed by atoms with Crippen molar-refractivity contribution in [3.8, 4) is 0 Å². The van der Waals surface area contributed by atoms with E-state index >= 15 is 0 Å². The van der Waals surface area contributed by atoms with Gasteiger partial charge in [0.25, 0.3) is 0 Å². The average Bonchev–Trinajstić information content (AvgIpc) is 2.67. The summed E-state index contributed by atoms with van der Waals surface area (Å²) in [5.74, 6) is 0.521. The van der Waals surface area contributed by atoms with Gasteiger partial charge in [-0.3, -0.25) is 9.69 Å². The number of carbonyl (C=O) groups excluding carboxylic acids is 1. The van der Waals surface area contributed by atoms with Crippen molar-refractivity contribution < 1.29 is 4.79 Å². The molecule has 1 aliphatic rings. The summed E-state index contributed by atoms with van der Waals surface area (Å²) in [6.07, 6.45) is 0.486. The molecule has 0 radical (unpaired) electrons. The quantitative estimate of drug-likeness (QED) is 0.562. The zero-order valence-electron chi connectivity index (χ0n) is 8.46. The number of hydrogen-bond donors (Lipinski definition) is 0. The minimum Gasteiger partial charge on any atom is -0.280 e. The Morgan fingerprint density at radius 2 is 1.94 bits per heavy atom. The van der Waals surface area contributed by atoms with Gasteiger partial charge in [-0.2, -0.15) is 9.97 Å². The number of nitrogens with zero attached hydrogens (tertiary/aromatic N) is 3. The van der Waals surface area contributed by atoms with E-state index in [9.17, 15) is 4.79 Å². The molecule has 1 amide bonds. The number of anilines is 1. The first-order valence-electron chi connectivity index (χ1n) is 4.77. The molecule has 0 aliphatic carbocycles. The molecule has 1 aliphatic heterocycles. The van der Waals surface area contributed by atoms with Crippen molar-refractivity contribution in [2.75, 3.05) is 16.8 Å². The van der Waals surface area contributed by atoms with Crippen LogP contribution >= 0.6 is 55.1 Å². The lowest BCUT2D eigenvalue weighted by Gasteiger charge is -2.14. The predicted molar refractivity (Wildman–Crippen MR) is 74.0 cm³/mol. The molecule has 4 nitrogen and oxygen atoms in total. The molecular weight excluding hydrogens is 397 g/mol. The monoisotopic (exact) mass is 401 g/mol. The third kappa shape index (κ3) is 2.75. The molecule has 92 valence electrons. The van der Waals surface area contributed by atoms with Gasteiger partial charge in [-0.1, -0.05) is 39.1 Å². The molecule has 1 unspecified atom stereocenters. The fourth-order valence-corrected chi connectivity index (χ4v) is 2.57. The highest BCUT2D eigenvalue weighted by molar-refractivity contribution is 9.10. The van der Waals surface area contributed by atoms with Crippen molar-refractivity contribution in [2.45, 2.75) is 6.42 Å². The summed E-state index contributed by atoms with van der Waals surface area (Å²) in [5, 5.41) is 1.18. The van der Waals surface area contributed by atoms with Crippen molar-refractivity contribution in [1.82, 2.24) is 9.97 Å². The van der Waals surface area contributed by atoms with Gasteiger partial charge in [0, 0.05) is 18.3 Å². The lowest BCUT2D eigenvalue weighted by Crippen LogP contribution is -2.27. The van der Waals surface area contributed by atoms with Crippen molar-refractivity contribution in [3.05, 3.63) is 14.8 Å². The van der Waals surface area contributed by atoms with Crippen molar-refractivity contribution in [1.29, 1.82) is 0 Å². The molecule has 0 saturated carbocycles. The highest BCUT2D eigenvalue weighted by atomic mass is 79.9. The lowest BCUT2D eigenvalue weighted by molar-refractivity contribution is -0.117. The van der Waals surface area contributed by atoms with E-state index in [1.807, 2.05) is 0 Å². The van der Waals surface area contributed by atoms with Crippen LogP contribution in [-0.2, 0) is 4.79 Å². The van der Waals surface area contributed by atoms with Crippen LogP contribution in [0.4, 0.5) is 5.95 Å². The molecular formula is C9H7Br2Cl2N3O. The molecule has 0 bridgehead atoms. The van der Waals surface area contributed by atoms with E-state index in [4.69, 9.17) is 23.2 Å². The second kappa shape index (κ2) is 5.38. The molecule has 1 fully saturated rings. The molecule has 17 heavy (non-hydrogen) atoms. The van der Waals surface area contributed by atoms with E-state index in [2.05, 4.69) is 41.8 Å². The number of aromatic nitrogens is 2. The Morgan fingerprint density at radius 1 is 1.35 bits per heavy atom. The third-order valence-corrected chi connectivity index (χ3v) is 5.09. The fraction of sp³-hybridized carbons (Fsp3) is 0.444. The van der Waals surface area contributed by atoms with E-state index in [0.717, 1.165) is 5.33 Å². The van der Waals surface area contributed by atoms with Crippen molar-refractivity contribution in [2.24, 2.45) is 5.92 Å². The second-order valence-corrected chi connectivity index (χ2v) is 5.80. The van der Waals surface area contributed by atoms with E-state index < -0.39 is 0 Å². The Balaban J connectivity index is 2.32. The molecule has 8 heteroatoms. The number of alkyl halides is 1. The Bertz CT molecular complexity index is 449. The van der Waals surface area contributed by atoms with Crippen LogP contribution in [0.15, 0.2) is 4.47 Å². The summed E-state index contributed by atoms with van der Waals surface area (Å²) in [6.45, 7) is 0.582. The van der Waals surface area contributed by atoms with Gasteiger partial charge in [-0.05, 0) is 21.8 Å². The number of halogens is 4. The molecule has 2 rings (SSSR count). The van der Waals surface area contributed by atoms with E-state index in [1.165, 1.54) is 4.90 Å². The van der Waals surface area contributed by atoms with Gasteiger partial charge in [0.1, 0.15) is 10.3 Å². The first kappa shape index (κ1) is 13.5. The summed E-state index contributed by atoms with van der Waals surface area (Å²) in [6, 6.07) is 0. The summed E-state index contributed by atoms with van der Waals surface area (Å²) in [4.78, 5) is 21.4. The highest BCUT2D eigenvalue weighted by Gasteiger charge is 2.32. The normalized spacial score (nSPS) is 20.1. The standard InChI is InChI=1S/C9H7Br2Cl2N3O/c10-2-4-1-5(17)16(3-4)9-14-7(12)6(11)8(13)15-9/h4H,1-3H2. The molecule has 0 spiro atoms. The molecule has 1 aromatic heterocycles. The zero-order valence-corrected chi connectivity index (χ0v) is 13.1. The minimum absolute atomic E-state index is 0.0103. The number of rotatable bonds is 2. The van der Waals surface area contributed by atoms with Crippen LogP contribution in [0.3, 0.4) is 0 Å². The van der Waals surface area contributed by atoms with E-state index in [1.54, 1.807) is 0 Å². The van der Waals surface area contributed by atoms with Crippen LogP contribution in [0.1, 0.15) is 6.42 Å². The fourth-order valence-electron chi connectivity index (χ4n) is 1.58. The Kier molecular flexibility index (Phi) is 4.28. The van der Waals surface area contributed by atoms with Gasteiger partial charge in [-0.25, -0.2) is 0 Å². The number of carbonyl (C=O) groups is 1. The highest BCUT2D eigenvalue weighted by Crippen LogP contribution is 2.31. The van der Waals surface area contributed by atoms with Crippen molar-refractivity contribution in [3.63, 3.8) is 0 Å². The minimum atomic E-state index is -0.0103. The molecule has 0 N–H and O–H groups in total. The maximum absolute atomic E-state index is 11.8. The molecule has 2 heterocycles. The molecule has 1 aromatic rings. The van der Waals surface area contributed by atoms with Gasteiger partial charge in [-0.15, -0.1) is 0 Å². The van der Waals surface area contributed by atoms with Crippen LogP contribution in [-0.4, -0.2) is 27.7 Å². The third-order valence-electron chi connectivity index (χ3n) is 2.42. The Hall–Kier alpha value is 0.0900. The average molecular weight is 404 g/mol. The van der Waals surface area contributed by atoms with Gasteiger partial charge < -0.3 is 0 Å². The molecule has 1 atom stereocenters. The van der Waals surface area contributed by atoms with Crippen LogP contribution in [0.2, 0.25) is 10.3 Å². The first-order valence-corrected chi connectivity index (χ1v) is 7.44. The predicted octanol–water partition coefficient (Wildman–Crippen LogP) is 3.29. The van der Waals surface area contributed by atoms with Crippen LogP contribution < -0.4 is 4.90 Å². The van der Waals surface area contributed by atoms with Gasteiger partial charge in [0.15, 0.2) is 0 Å². The Morgan fingerprint density at radius 3 is 2.41 bits per heavy atom. The van der Waals surface area contributed by atoms with Gasteiger partial charge in [0.2, 0.25) is 11.9 Å². The second-order valence-electron chi connectivity index (χ2n) is 3.65. The smallest absolute Gasteiger partial charge is 0.235 e. The SMILES string of the molecule is O=C1CC(CBr)CN1c1nc(Cl)c(Br)c(Cl)n1. The summed E-state index contributed by atoms with van der Waals surface area (Å²) >= 11 is 18.3. The number of amides is 1. The van der Waals surface area contributed by atoms with E-state index in [0.29, 0.717) is 17.4 Å². The maximum Gasteiger partial charge on any atom is 0.235 e. The first-order chi connectivity index (χ1) is 8.02. The maximum atomic E-state index is 11.8. The lowest BCUT2D eigenvalue weighted by atomic mass is 10.2. The van der Waals surface area contributed by atoms with Crippen molar-refractivity contribution >= 4 is 66.9 Å². The molecule has 0 aromatic carbocycles. The summed E-state index contributed by atoms with van der Waals surface area (Å²) in [5.41, 5.74) is 0. The summed E-state index contributed by atoms with van der Waals surface area (Å²) < 4.78 is 0.438. The van der Waals surface area contributed by atoms with Gasteiger partial charge >= 0.3 is 0 Å². The Labute approximate surface area is 125 Å². The van der Waals surface area contributed by atoms with Crippen LogP contribution in [0, 0.1) is 5.92 Å². The number of hydrogen-bond acceptors (Lipinski definition) is 3.